The van der Waals surface area contributed by atoms with Gasteiger partial charge in [0.05, 0.1) is 23.7 Å². The summed E-state index contributed by atoms with van der Waals surface area (Å²) in [5.74, 6) is -1.39. The van der Waals surface area contributed by atoms with Crippen molar-refractivity contribution in [1.29, 1.82) is 0 Å². The lowest BCUT2D eigenvalue weighted by molar-refractivity contribution is -0.132. The summed E-state index contributed by atoms with van der Waals surface area (Å²) >= 11 is 6.14. The third-order valence-corrected chi connectivity index (χ3v) is 6.19. The molecule has 1 saturated heterocycles. The van der Waals surface area contributed by atoms with Crippen LogP contribution in [0.3, 0.4) is 0 Å². The van der Waals surface area contributed by atoms with Gasteiger partial charge in [-0.2, -0.15) is 0 Å². The lowest BCUT2D eigenvalue weighted by Gasteiger charge is -2.26. The predicted octanol–water partition coefficient (Wildman–Crippen LogP) is 5.35. The molecular weight excluding hydrogens is 452 g/mol. The summed E-state index contributed by atoms with van der Waals surface area (Å²) < 4.78 is 5.26. The summed E-state index contributed by atoms with van der Waals surface area (Å²) in [6.07, 6.45) is 0. The van der Waals surface area contributed by atoms with Crippen LogP contribution in [0.15, 0.2) is 72.3 Å². The van der Waals surface area contributed by atoms with E-state index in [0.717, 1.165) is 11.3 Å². The minimum Gasteiger partial charge on any atom is -0.507 e. The van der Waals surface area contributed by atoms with E-state index in [1.165, 1.54) is 12.0 Å². The Balaban J connectivity index is 1.94. The first-order valence-corrected chi connectivity index (χ1v) is 11.1. The molecule has 1 heterocycles. The molecular formula is C27H25ClN2O4. The van der Waals surface area contributed by atoms with Crippen LogP contribution in [-0.2, 0) is 9.59 Å². The zero-order chi connectivity index (χ0) is 24.6. The van der Waals surface area contributed by atoms with Crippen molar-refractivity contribution in [3.05, 3.63) is 94.0 Å². The average Bonchev–Trinajstić information content (AvgIpc) is 3.09. The highest BCUT2D eigenvalue weighted by atomic mass is 35.5. The van der Waals surface area contributed by atoms with Gasteiger partial charge in [-0.3, -0.25) is 14.5 Å². The smallest absolute Gasteiger partial charge is 0.300 e. The first kappa shape index (κ1) is 23.4. The fourth-order valence-electron chi connectivity index (χ4n) is 4.11. The summed E-state index contributed by atoms with van der Waals surface area (Å²) in [7, 11) is 5.33. The Bertz CT molecular complexity index is 1300. The van der Waals surface area contributed by atoms with Crippen molar-refractivity contribution in [3.63, 3.8) is 0 Å². The Morgan fingerprint density at radius 1 is 1.03 bits per heavy atom. The van der Waals surface area contributed by atoms with E-state index in [-0.39, 0.29) is 11.3 Å². The molecule has 1 N–H and O–H groups in total. The number of ketones is 1. The summed E-state index contributed by atoms with van der Waals surface area (Å²) in [5, 5.41) is 11.7. The fraction of sp³-hybridized carbons (Fsp3) is 0.185. The van der Waals surface area contributed by atoms with Gasteiger partial charge in [-0.05, 0) is 60.5 Å². The molecule has 4 rings (SSSR count). The zero-order valence-electron chi connectivity index (χ0n) is 19.4. The van der Waals surface area contributed by atoms with Gasteiger partial charge in [0.2, 0.25) is 0 Å². The van der Waals surface area contributed by atoms with Crippen LogP contribution in [0.25, 0.3) is 5.76 Å². The highest BCUT2D eigenvalue weighted by Crippen LogP contribution is 2.43. The van der Waals surface area contributed by atoms with E-state index in [2.05, 4.69) is 0 Å². The van der Waals surface area contributed by atoms with Crippen LogP contribution in [-0.4, -0.2) is 38.0 Å². The van der Waals surface area contributed by atoms with Crippen molar-refractivity contribution in [2.45, 2.75) is 13.0 Å². The molecule has 0 saturated carbocycles. The van der Waals surface area contributed by atoms with Gasteiger partial charge in [-0.15, -0.1) is 0 Å². The molecule has 6 nitrogen and oxygen atoms in total. The number of nitrogens with zero attached hydrogens (tertiary/aromatic N) is 2. The van der Waals surface area contributed by atoms with Gasteiger partial charge in [0.25, 0.3) is 11.7 Å². The lowest BCUT2D eigenvalue weighted by Crippen LogP contribution is -2.29. The van der Waals surface area contributed by atoms with Gasteiger partial charge in [0, 0.05) is 31.0 Å². The van der Waals surface area contributed by atoms with E-state index < -0.39 is 17.7 Å². The maximum absolute atomic E-state index is 13.3. The summed E-state index contributed by atoms with van der Waals surface area (Å²) in [4.78, 5) is 30.0. The van der Waals surface area contributed by atoms with Crippen molar-refractivity contribution in [2.75, 3.05) is 31.0 Å². The maximum Gasteiger partial charge on any atom is 0.300 e. The van der Waals surface area contributed by atoms with Crippen molar-refractivity contribution in [3.8, 4) is 5.75 Å². The second-order valence-electron chi connectivity index (χ2n) is 8.34. The number of rotatable bonds is 5. The first-order valence-electron chi connectivity index (χ1n) is 10.7. The van der Waals surface area contributed by atoms with Crippen LogP contribution < -0.4 is 14.5 Å². The first-order chi connectivity index (χ1) is 16.2. The molecule has 1 unspecified atom stereocenters. The zero-order valence-corrected chi connectivity index (χ0v) is 20.1. The lowest BCUT2D eigenvalue weighted by atomic mass is 9.94. The van der Waals surface area contributed by atoms with Crippen LogP contribution in [0.4, 0.5) is 11.4 Å². The van der Waals surface area contributed by atoms with Crippen molar-refractivity contribution >= 4 is 40.4 Å². The number of carbonyl (C=O) groups excluding carboxylic acids is 2. The van der Waals surface area contributed by atoms with Crippen LogP contribution in [0.5, 0.6) is 5.75 Å². The number of hydrogen-bond donors (Lipinski definition) is 1. The van der Waals surface area contributed by atoms with Gasteiger partial charge in [0.1, 0.15) is 11.5 Å². The number of hydrogen-bond acceptors (Lipinski definition) is 5. The molecule has 34 heavy (non-hydrogen) atoms. The SMILES string of the molecule is COc1cc(/C(O)=C2/C(=O)C(=O)N(c3cccc(C)c3)C2c2ccc(N(C)C)cc2)ccc1Cl. The molecule has 0 radical (unpaired) electrons. The minimum absolute atomic E-state index is 0.00786. The van der Waals surface area contributed by atoms with Crippen LogP contribution in [0.2, 0.25) is 5.02 Å². The van der Waals surface area contributed by atoms with Crippen molar-refractivity contribution < 1.29 is 19.4 Å². The number of aliphatic hydroxyl groups is 1. The molecule has 0 spiro atoms. The molecule has 0 aliphatic carbocycles. The molecule has 1 aliphatic heterocycles. The highest BCUT2D eigenvalue weighted by Gasteiger charge is 2.47. The summed E-state index contributed by atoms with van der Waals surface area (Å²) in [5.41, 5.74) is 3.54. The van der Waals surface area contributed by atoms with Gasteiger partial charge in [-0.25, -0.2) is 0 Å². The largest absolute Gasteiger partial charge is 0.507 e. The molecule has 1 amide bonds. The van der Waals surface area contributed by atoms with Crippen molar-refractivity contribution in [1.82, 2.24) is 0 Å². The van der Waals surface area contributed by atoms with Crippen LogP contribution >= 0.6 is 11.6 Å². The monoisotopic (exact) mass is 476 g/mol. The molecule has 7 heteroatoms. The molecule has 3 aromatic carbocycles. The van der Waals surface area contributed by atoms with E-state index in [1.54, 1.807) is 24.3 Å². The molecule has 1 atom stereocenters. The quantitative estimate of drug-likeness (QED) is 0.305. The highest BCUT2D eigenvalue weighted by molar-refractivity contribution is 6.51. The van der Waals surface area contributed by atoms with E-state index in [9.17, 15) is 14.7 Å². The number of anilines is 2. The fourth-order valence-corrected chi connectivity index (χ4v) is 4.30. The second kappa shape index (κ2) is 9.23. The Labute approximate surface area is 203 Å². The summed E-state index contributed by atoms with van der Waals surface area (Å²) in [6.45, 7) is 1.92. The third kappa shape index (κ3) is 4.13. The average molecular weight is 477 g/mol. The number of benzene rings is 3. The van der Waals surface area contributed by atoms with E-state index in [4.69, 9.17) is 16.3 Å². The number of Topliss-reactive ketones (excluding diaryl/α,β-unsaturated/α-hetero) is 1. The van der Waals surface area contributed by atoms with Gasteiger partial charge < -0.3 is 14.7 Å². The number of methoxy groups -OCH3 is 1. The standard InChI is InChI=1S/C27H25ClN2O4/c1-16-6-5-7-20(14-16)30-24(17-8-11-19(12-9-17)29(2)3)23(26(32)27(30)33)25(31)18-10-13-21(28)22(15-18)34-4/h5-15,24,31H,1-4H3/b25-23-. The molecule has 174 valence electrons. The Kier molecular flexibility index (Phi) is 6.35. The number of amides is 1. The van der Waals surface area contributed by atoms with Crippen LogP contribution in [0.1, 0.15) is 22.7 Å². The normalized spacial score (nSPS) is 17.2. The molecule has 0 aromatic heterocycles. The van der Waals surface area contributed by atoms with E-state index >= 15 is 0 Å². The van der Waals surface area contributed by atoms with E-state index in [0.29, 0.717) is 27.6 Å². The van der Waals surface area contributed by atoms with Gasteiger partial charge in [-0.1, -0.05) is 35.9 Å². The number of aryl methyl sites for hydroxylation is 1. The van der Waals surface area contributed by atoms with Gasteiger partial charge in [0.15, 0.2) is 0 Å². The van der Waals surface area contributed by atoms with Crippen LogP contribution in [0, 0.1) is 6.92 Å². The van der Waals surface area contributed by atoms with E-state index in [1.807, 2.05) is 68.4 Å². The number of ether oxygens (including phenoxy) is 1. The van der Waals surface area contributed by atoms with Gasteiger partial charge >= 0.3 is 0 Å². The number of carbonyl (C=O) groups is 2. The molecule has 1 aliphatic rings. The Hall–Kier alpha value is -3.77. The number of halogens is 1. The molecule has 1 fully saturated rings. The summed E-state index contributed by atoms with van der Waals surface area (Å²) in [6, 6.07) is 18.8. The third-order valence-electron chi connectivity index (χ3n) is 5.87. The molecule has 0 bridgehead atoms. The Morgan fingerprint density at radius 3 is 2.35 bits per heavy atom. The predicted molar refractivity (Wildman–Crippen MR) is 135 cm³/mol. The Morgan fingerprint density at radius 2 is 1.74 bits per heavy atom. The molecule has 3 aromatic rings. The minimum atomic E-state index is -0.806. The number of aliphatic hydroxyl groups excluding tert-OH is 1. The topological polar surface area (TPSA) is 70.1 Å². The second-order valence-corrected chi connectivity index (χ2v) is 8.75. The van der Waals surface area contributed by atoms with Crippen molar-refractivity contribution in [2.24, 2.45) is 0 Å². The maximum atomic E-state index is 13.3.